The summed E-state index contributed by atoms with van der Waals surface area (Å²) in [5, 5.41) is 2.85. The first-order valence-electron chi connectivity index (χ1n) is 3.57. The zero-order valence-corrected chi connectivity index (χ0v) is 6.39. The van der Waals surface area contributed by atoms with E-state index >= 15 is 0 Å². The van der Waals surface area contributed by atoms with Crippen molar-refractivity contribution in [2.24, 2.45) is 5.92 Å². The maximum absolute atomic E-state index is 10.7. The van der Waals surface area contributed by atoms with Crippen molar-refractivity contribution in [1.29, 1.82) is 0 Å². The number of morpholine rings is 1. The van der Waals surface area contributed by atoms with Gasteiger partial charge in [0.15, 0.2) is 0 Å². The summed E-state index contributed by atoms with van der Waals surface area (Å²) >= 11 is 0. The van der Waals surface area contributed by atoms with Crippen molar-refractivity contribution < 1.29 is 9.53 Å². The molecule has 1 saturated heterocycles. The number of rotatable bonds is 1. The molecule has 1 heterocycles. The van der Waals surface area contributed by atoms with Crippen LogP contribution >= 0.6 is 0 Å². The molecular weight excluding hydrogens is 130 g/mol. The molecular formula is C7H13NO2. The number of hydrogen-bond acceptors (Lipinski definition) is 2. The van der Waals surface area contributed by atoms with Gasteiger partial charge in [-0.3, -0.25) is 4.79 Å². The standard InChI is InChI=1S/C7H13NO2/c1-5(2)6-3-10-4-7(9)8-6/h5-6H,3-4H2,1-2H3,(H,8,9). The maximum Gasteiger partial charge on any atom is 0.246 e. The van der Waals surface area contributed by atoms with E-state index in [0.717, 1.165) is 0 Å². The van der Waals surface area contributed by atoms with Gasteiger partial charge >= 0.3 is 0 Å². The van der Waals surface area contributed by atoms with Crippen molar-refractivity contribution in [2.45, 2.75) is 19.9 Å². The zero-order chi connectivity index (χ0) is 7.56. The first-order chi connectivity index (χ1) is 4.70. The van der Waals surface area contributed by atoms with Gasteiger partial charge in [-0.1, -0.05) is 13.8 Å². The second-order valence-corrected chi connectivity index (χ2v) is 2.93. The summed E-state index contributed by atoms with van der Waals surface area (Å²) in [6.07, 6.45) is 0. The number of carbonyl (C=O) groups is 1. The number of ether oxygens (including phenoxy) is 1. The van der Waals surface area contributed by atoms with Crippen molar-refractivity contribution >= 4 is 5.91 Å². The molecule has 1 amide bonds. The molecule has 0 aliphatic carbocycles. The molecule has 1 unspecified atom stereocenters. The molecule has 3 nitrogen and oxygen atoms in total. The van der Waals surface area contributed by atoms with Crippen LogP contribution in [0.25, 0.3) is 0 Å². The lowest BCUT2D eigenvalue weighted by molar-refractivity contribution is -0.132. The summed E-state index contributed by atoms with van der Waals surface area (Å²) in [5.41, 5.74) is 0. The first-order valence-corrected chi connectivity index (χ1v) is 3.57. The Labute approximate surface area is 60.7 Å². The van der Waals surface area contributed by atoms with Crippen LogP contribution in [-0.2, 0) is 9.53 Å². The minimum Gasteiger partial charge on any atom is -0.370 e. The van der Waals surface area contributed by atoms with Crippen molar-refractivity contribution in [2.75, 3.05) is 13.2 Å². The lowest BCUT2D eigenvalue weighted by atomic mass is 10.0. The van der Waals surface area contributed by atoms with Crippen molar-refractivity contribution in [3.05, 3.63) is 0 Å². The van der Waals surface area contributed by atoms with Gasteiger partial charge in [0, 0.05) is 0 Å². The summed E-state index contributed by atoms with van der Waals surface area (Å²) in [6.45, 7) is 5.02. The monoisotopic (exact) mass is 143 g/mol. The van der Waals surface area contributed by atoms with Gasteiger partial charge < -0.3 is 10.1 Å². The van der Waals surface area contributed by atoms with E-state index in [0.29, 0.717) is 12.5 Å². The summed E-state index contributed by atoms with van der Waals surface area (Å²) in [6, 6.07) is 0.209. The number of amides is 1. The van der Waals surface area contributed by atoms with E-state index in [2.05, 4.69) is 19.2 Å². The first kappa shape index (κ1) is 7.54. The van der Waals surface area contributed by atoms with Crippen LogP contribution in [0.15, 0.2) is 0 Å². The van der Waals surface area contributed by atoms with Gasteiger partial charge in [0.2, 0.25) is 5.91 Å². The van der Waals surface area contributed by atoms with Crippen molar-refractivity contribution in [3.8, 4) is 0 Å². The maximum atomic E-state index is 10.7. The molecule has 1 aliphatic heterocycles. The van der Waals surface area contributed by atoms with Crippen molar-refractivity contribution in [3.63, 3.8) is 0 Å². The predicted molar refractivity (Wildman–Crippen MR) is 37.6 cm³/mol. The van der Waals surface area contributed by atoms with Crippen molar-refractivity contribution in [1.82, 2.24) is 5.32 Å². The van der Waals surface area contributed by atoms with Crippen LogP contribution < -0.4 is 5.32 Å². The molecule has 58 valence electrons. The summed E-state index contributed by atoms with van der Waals surface area (Å²) in [5.74, 6) is 0.467. The Balaban J connectivity index is 2.39. The molecule has 0 spiro atoms. The zero-order valence-electron chi connectivity index (χ0n) is 6.39. The molecule has 3 heteroatoms. The number of nitrogens with one attached hydrogen (secondary N) is 1. The molecule has 1 rings (SSSR count). The van der Waals surface area contributed by atoms with Crippen LogP contribution in [-0.4, -0.2) is 25.2 Å². The average Bonchev–Trinajstić information content (AvgIpc) is 1.88. The minimum atomic E-state index is 0.00458. The van der Waals surface area contributed by atoms with Gasteiger partial charge in [0.1, 0.15) is 6.61 Å². The molecule has 0 radical (unpaired) electrons. The topological polar surface area (TPSA) is 38.3 Å². The highest BCUT2D eigenvalue weighted by molar-refractivity contribution is 5.78. The molecule has 0 aromatic rings. The molecule has 0 bridgehead atoms. The molecule has 0 saturated carbocycles. The molecule has 10 heavy (non-hydrogen) atoms. The SMILES string of the molecule is CC(C)C1COCC(=O)N1. The number of carbonyl (C=O) groups excluding carboxylic acids is 1. The second-order valence-electron chi connectivity index (χ2n) is 2.93. The van der Waals surface area contributed by atoms with Gasteiger partial charge in [0.05, 0.1) is 12.6 Å². The van der Waals surface area contributed by atoms with Gasteiger partial charge in [-0.25, -0.2) is 0 Å². The second kappa shape index (κ2) is 3.01. The van der Waals surface area contributed by atoms with Crippen LogP contribution in [0.2, 0.25) is 0 Å². The fourth-order valence-electron chi connectivity index (χ4n) is 0.928. The molecule has 1 fully saturated rings. The third-order valence-corrected chi connectivity index (χ3v) is 1.68. The highest BCUT2D eigenvalue weighted by Gasteiger charge is 2.20. The summed E-state index contributed by atoms with van der Waals surface area (Å²) in [4.78, 5) is 10.7. The summed E-state index contributed by atoms with van der Waals surface area (Å²) in [7, 11) is 0. The van der Waals surface area contributed by atoms with E-state index in [1.54, 1.807) is 0 Å². The largest absolute Gasteiger partial charge is 0.370 e. The highest BCUT2D eigenvalue weighted by Crippen LogP contribution is 2.04. The van der Waals surface area contributed by atoms with Gasteiger partial charge in [-0.05, 0) is 5.92 Å². The molecule has 0 aromatic heterocycles. The average molecular weight is 143 g/mol. The van der Waals surface area contributed by atoms with Crippen LogP contribution in [0.4, 0.5) is 0 Å². The van der Waals surface area contributed by atoms with Crippen LogP contribution in [0.5, 0.6) is 0 Å². The summed E-state index contributed by atoms with van der Waals surface area (Å²) < 4.78 is 5.04. The Kier molecular flexibility index (Phi) is 2.27. The van der Waals surface area contributed by atoms with Crippen LogP contribution in [0.1, 0.15) is 13.8 Å². The van der Waals surface area contributed by atoms with E-state index in [1.807, 2.05) is 0 Å². The minimum absolute atomic E-state index is 0.00458. The smallest absolute Gasteiger partial charge is 0.246 e. The Bertz CT molecular complexity index is 134. The predicted octanol–water partition coefficient (Wildman–Crippen LogP) is 0.157. The Hall–Kier alpha value is -0.570. The fourth-order valence-corrected chi connectivity index (χ4v) is 0.928. The normalized spacial score (nSPS) is 26.7. The van der Waals surface area contributed by atoms with E-state index < -0.39 is 0 Å². The fraction of sp³-hybridized carbons (Fsp3) is 0.857. The third-order valence-electron chi connectivity index (χ3n) is 1.68. The van der Waals surface area contributed by atoms with E-state index in [1.165, 1.54) is 0 Å². The Morgan fingerprint density at radius 3 is 2.80 bits per heavy atom. The van der Waals surface area contributed by atoms with Crippen LogP contribution in [0, 0.1) is 5.92 Å². The lowest BCUT2D eigenvalue weighted by Gasteiger charge is -2.26. The van der Waals surface area contributed by atoms with E-state index in [-0.39, 0.29) is 18.6 Å². The number of hydrogen-bond donors (Lipinski definition) is 1. The Morgan fingerprint density at radius 1 is 1.70 bits per heavy atom. The molecule has 1 N–H and O–H groups in total. The van der Waals surface area contributed by atoms with Gasteiger partial charge in [-0.2, -0.15) is 0 Å². The quantitative estimate of drug-likeness (QED) is 0.567. The molecule has 1 aliphatic rings. The molecule has 1 atom stereocenters. The Morgan fingerprint density at radius 2 is 2.40 bits per heavy atom. The van der Waals surface area contributed by atoms with Crippen LogP contribution in [0.3, 0.4) is 0 Å². The third kappa shape index (κ3) is 1.70. The van der Waals surface area contributed by atoms with Gasteiger partial charge in [0.25, 0.3) is 0 Å². The lowest BCUT2D eigenvalue weighted by Crippen LogP contribution is -2.48. The van der Waals surface area contributed by atoms with E-state index in [9.17, 15) is 4.79 Å². The molecule has 0 aromatic carbocycles. The highest BCUT2D eigenvalue weighted by atomic mass is 16.5. The van der Waals surface area contributed by atoms with E-state index in [4.69, 9.17) is 4.74 Å². The van der Waals surface area contributed by atoms with Gasteiger partial charge in [-0.15, -0.1) is 0 Å².